The van der Waals surface area contributed by atoms with Crippen LogP contribution in [0.3, 0.4) is 0 Å². The molecule has 0 saturated carbocycles. The van der Waals surface area contributed by atoms with Gasteiger partial charge in [-0.15, -0.1) is 5.10 Å². The zero-order valence-corrected chi connectivity index (χ0v) is 10.9. The number of hydrogen-bond acceptors (Lipinski definition) is 6. The van der Waals surface area contributed by atoms with Gasteiger partial charge in [0.15, 0.2) is 5.69 Å². The smallest absolute Gasteiger partial charge is 0.280 e. The number of aromatic nitrogens is 5. The summed E-state index contributed by atoms with van der Waals surface area (Å²) in [6.07, 6.45) is 1.75. The molecule has 3 aromatic rings. The van der Waals surface area contributed by atoms with Gasteiger partial charge < -0.3 is 9.84 Å². The molecule has 1 N–H and O–H groups in total. The quantitative estimate of drug-likeness (QED) is 0.781. The monoisotopic (exact) mass is 286 g/mol. The molecular formula is C13H11FN6O. The minimum Gasteiger partial charge on any atom is -0.332 e. The SMILES string of the molecule is Fc1ccccc1-c1noc(-c2cn(C3CNC3)nn2)n1. The van der Waals surface area contributed by atoms with E-state index in [4.69, 9.17) is 4.52 Å². The highest BCUT2D eigenvalue weighted by atomic mass is 19.1. The third-order valence-electron chi connectivity index (χ3n) is 3.40. The van der Waals surface area contributed by atoms with Crippen molar-refractivity contribution in [1.82, 2.24) is 30.5 Å². The van der Waals surface area contributed by atoms with Crippen LogP contribution >= 0.6 is 0 Å². The molecule has 0 unspecified atom stereocenters. The maximum absolute atomic E-state index is 13.7. The minimum atomic E-state index is -0.394. The lowest BCUT2D eigenvalue weighted by molar-refractivity contribution is 0.313. The van der Waals surface area contributed by atoms with E-state index in [2.05, 4.69) is 25.8 Å². The van der Waals surface area contributed by atoms with Gasteiger partial charge in [-0.25, -0.2) is 9.07 Å². The summed E-state index contributed by atoms with van der Waals surface area (Å²) in [5.41, 5.74) is 0.778. The van der Waals surface area contributed by atoms with Crippen molar-refractivity contribution in [3.05, 3.63) is 36.3 Å². The third kappa shape index (κ3) is 2.09. The molecule has 0 radical (unpaired) electrons. The van der Waals surface area contributed by atoms with Crippen LogP contribution in [0.2, 0.25) is 0 Å². The molecule has 1 aromatic carbocycles. The van der Waals surface area contributed by atoms with E-state index in [1.165, 1.54) is 6.07 Å². The molecule has 3 heterocycles. The van der Waals surface area contributed by atoms with Crippen molar-refractivity contribution in [3.8, 4) is 23.0 Å². The Hall–Kier alpha value is -2.61. The summed E-state index contributed by atoms with van der Waals surface area (Å²) >= 11 is 0. The Balaban J connectivity index is 1.65. The molecule has 1 fully saturated rings. The first-order chi connectivity index (χ1) is 10.3. The van der Waals surface area contributed by atoms with E-state index in [1.54, 1.807) is 29.1 Å². The number of rotatable bonds is 3. The van der Waals surface area contributed by atoms with Crippen LogP contribution in [0.1, 0.15) is 6.04 Å². The van der Waals surface area contributed by atoms with E-state index in [0.717, 1.165) is 13.1 Å². The molecule has 1 saturated heterocycles. The Morgan fingerprint density at radius 3 is 2.90 bits per heavy atom. The molecule has 0 aliphatic carbocycles. The summed E-state index contributed by atoms with van der Waals surface area (Å²) in [6.45, 7) is 1.74. The molecule has 1 aliphatic heterocycles. The minimum absolute atomic E-state index is 0.197. The van der Waals surface area contributed by atoms with Crippen molar-refractivity contribution in [2.45, 2.75) is 6.04 Å². The summed E-state index contributed by atoms with van der Waals surface area (Å²) in [7, 11) is 0. The second-order valence-corrected chi connectivity index (χ2v) is 4.80. The first-order valence-electron chi connectivity index (χ1n) is 6.53. The second-order valence-electron chi connectivity index (χ2n) is 4.80. The molecule has 21 heavy (non-hydrogen) atoms. The molecule has 8 heteroatoms. The Bertz CT molecular complexity index is 778. The van der Waals surface area contributed by atoms with E-state index in [1.807, 2.05) is 0 Å². The van der Waals surface area contributed by atoms with Crippen LogP contribution < -0.4 is 5.32 Å². The van der Waals surface area contributed by atoms with E-state index in [9.17, 15) is 4.39 Å². The first kappa shape index (κ1) is 12.2. The van der Waals surface area contributed by atoms with E-state index in [-0.39, 0.29) is 11.7 Å². The molecule has 106 valence electrons. The van der Waals surface area contributed by atoms with Crippen LogP contribution in [-0.2, 0) is 0 Å². The summed E-state index contributed by atoms with van der Waals surface area (Å²) in [5, 5.41) is 15.0. The van der Waals surface area contributed by atoms with Crippen LogP contribution in [0.25, 0.3) is 23.0 Å². The molecule has 2 aromatic heterocycles. The number of halogens is 1. The van der Waals surface area contributed by atoms with Crippen molar-refractivity contribution < 1.29 is 8.91 Å². The van der Waals surface area contributed by atoms with Crippen molar-refractivity contribution in [2.75, 3.05) is 13.1 Å². The Morgan fingerprint density at radius 1 is 1.29 bits per heavy atom. The molecule has 0 bridgehead atoms. The fourth-order valence-electron chi connectivity index (χ4n) is 2.09. The van der Waals surface area contributed by atoms with Crippen molar-refractivity contribution in [1.29, 1.82) is 0 Å². The normalized spacial score (nSPS) is 15.1. The van der Waals surface area contributed by atoms with Gasteiger partial charge in [0, 0.05) is 13.1 Å². The van der Waals surface area contributed by atoms with Gasteiger partial charge in [-0.05, 0) is 12.1 Å². The average Bonchev–Trinajstić information content (AvgIpc) is 3.06. The lowest BCUT2D eigenvalue weighted by Gasteiger charge is -2.26. The Labute approximate surface area is 118 Å². The van der Waals surface area contributed by atoms with Gasteiger partial charge in [0.05, 0.1) is 17.8 Å². The number of nitrogens with zero attached hydrogens (tertiary/aromatic N) is 5. The van der Waals surface area contributed by atoms with Gasteiger partial charge >= 0.3 is 0 Å². The topological polar surface area (TPSA) is 81.7 Å². The number of hydrogen-bond donors (Lipinski definition) is 1. The summed E-state index contributed by atoms with van der Waals surface area (Å²) in [4.78, 5) is 4.18. The van der Waals surface area contributed by atoms with Gasteiger partial charge in [0.25, 0.3) is 5.89 Å². The fourth-order valence-corrected chi connectivity index (χ4v) is 2.09. The van der Waals surface area contributed by atoms with Gasteiger partial charge in [-0.3, -0.25) is 0 Å². The van der Waals surface area contributed by atoms with Gasteiger partial charge in [0.1, 0.15) is 5.82 Å². The summed E-state index contributed by atoms with van der Waals surface area (Å²) in [5.74, 6) is 0.0313. The van der Waals surface area contributed by atoms with Crippen LogP contribution in [0.5, 0.6) is 0 Å². The average molecular weight is 286 g/mol. The van der Waals surface area contributed by atoms with Gasteiger partial charge in [0.2, 0.25) is 5.82 Å². The summed E-state index contributed by atoms with van der Waals surface area (Å²) < 4.78 is 20.6. The highest BCUT2D eigenvalue weighted by Gasteiger charge is 2.22. The Morgan fingerprint density at radius 2 is 2.14 bits per heavy atom. The van der Waals surface area contributed by atoms with E-state index < -0.39 is 5.82 Å². The van der Waals surface area contributed by atoms with Crippen molar-refractivity contribution in [2.24, 2.45) is 0 Å². The number of nitrogens with one attached hydrogen (secondary N) is 1. The van der Waals surface area contributed by atoms with Crippen LogP contribution in [-0.4, -0.2) is 38.2 Å². The maximum Gasteiger partial charge on any atom is 0.280 e. The zero-order valence-electron chi connectivity index (χ0n) is 10.9. The van der Waals surface area contributed by atoms with Crippen molar-refractivity contribution in [3.63, 3.8) is 0 Å². The lowest BCUT2D eigenvalue weighted by Crippen LogP contribution is -2.43. The summed E-state index contributed by atoms with van der Waals surface area (Å²) in [6, 6.07) is 6.58. The second kappa shape index (κ2) is 4.74. The predicted octanol–water partition coefficient (Wildman–Crippen LogP) is 1.28. The van der Waals surface area contributed by atoms with Crippen LogP contribution in [0, 0.1) is 5.82 Å². The highest BCUT2D eigenvalue weighted by Crippen LogP contribution is 2.23. The molecule has 0 spiro atoms. The Kier molecular flexibility index (Phi) is 2.74. The molecule has 0 amide bonds. The molecule has 4 rings (SSSR count). The van der Waals surface area contributed by atoms with Gasteiger partial charge in [-0.1, -0.05) is 22.5 Å². The standard InChI is InChI=1S/C13H11FN6O/c14-10-4-2-1-3-9(10)12-16-13(21-18-12)11-7-20(19-17-11)8-5-15-6-8/h1-4,7-8,15H,5-6H2. The molecular weight excluding hydrogens is 275 g/mol. The number of benzene rings is 1. The molecule has 0 atom stereocenters. The highest BCUT2D eigenvalue weighted by molar-refractivity contribution is 5.57. The van der Waals surface area contributed by atoms with Crippen molar-refractivity contribution >= 4 is 0 Å². The third-order valence-corrected chi connectivity index (χ3v) is 3.40. The van der Waals surface area contributed by atoms with E-state index >= 15 is 0 Å². The first-order valence-corrected chi connectivity index (χ1v) is 6.53. The fraction of sp³-hybridized carbons (Fsp3) is 0.231. The van der Waals surface area contributed by atoms with Crippen LogP contribution in [0.4, 0.5) is 4.39 Å². The van der Waals surface area contributed by atoms with Crippen LogP contribution in [0.15, 0.2) is 35.0 Å². The maximum atomic E-state index is 13.7. The molecule has 1 aliphatic rings. The lowest BCUT2D eigenvalue weighted by atomic mass is 10.2. The zero-order chi connectivity index (χ0) is 14.2. The largest absolute Gasteiger partial charge is 0.332 e. The predicted molar refractivity (Wildman–Crippen MR) is 70.6 cm³/mol. The van der Waals surface area contributed by atoms with Gasteiger partial charge in [-0.2, -0.15) is 4.98 Å². The molecule has 7 nitrogen and oxygen atoms in total. The van der Waals surface area contributed by atoms with E-state index in [0.29, 0.717) is 17.3 Å².